The van der Waals surface area contributed by atoms with Crippen molar-refractivity contribution in [1.29, 1.82) is 0 Å². The number of carbonyl (C=O) groups excluding carboxylic acids is 1. The molecule has 0 bridgehead atoms. The zero-order valence-corrected chi connectivity index (χ0v) is 11.2. The average molecular weight is 286 g/mol. The third-order valence-corrected chi connectivity index (χ3v) is 3.39. The second kappa shape index (κ2) is 5.73. The van der Waals surface area contributed by atoms with Crippen molar-refractivity contribution in [2.24, 2.45) is 0 Å². The van der Waals surface area contributed by atoms with E-state index in [0.717, 1.165) is 18.9 Å². The lowest BCUT2D eigenvalue weighted by Crippen LogP contribution is -2.39. The van der Waals surface area contributed by atoms with E-state index in [1.807, 2.05) is 0 Å². The van der Waals surface area contributed by atoms with Gasteiger partial charge >= 0.3 is 6.18 Å². The van der Waals surface area contributed by atoms with Crippen LogP contribution in [0.1, 0.15) is 25.3 Å². The maximum Gasteiger partial charge on any atom is 0.418 e. The Hall–Kier alpha value is -1.72. The molecule has 1 heterocycles. The molecule has 1 N–H and O–H groups in total. The van der Waals surface area contributed by atoms with Crippen molar-refractivity contribution in [3.05, 3.63) is 29.8 Å². The maximum absolute atomic E-state index is 12.9. The van der Waals surface area contributed by atoms with E-state index in [9.17, 15) is 18.0 Å². The molecular formula is C14H17F3N2O. The first-order chi connectivity index (χ1) is 9.39. The highest BCUT2D eigenvalue weighted by atomic mass is 19.4. The molecule has 1 aromatic rings. The highest BCUT2D eigenvalue weighted by molar-refractivity contribution is 5.84. The number of carbonyl (C=O) groups is 1. The Morgan fingerprint density at radius 2 is 1.85 bits per heavy atom. The fourth-order valence-electron chi connectivity index (χ4n) is 2.36. The summed E-state index contributed by atoms with van der Waals surface area (Å²) in [4.78, 5) is 13.8. The zero-order chi connectivity index (χ0) is 14.8. The topological polar surface area (TPSA) is 32.3 Å². The lowest BCUT2D eigenvalue weighted by Gasteiger charge is -2.23. The summed E-state index contributed by atoms with van der Waals surface area (Å²) in [6.45, 7) is 2.96. The normalized spacial score (nSPS) is 17.1. The van der Waals surface area contributed by atoms with E-state index in [1.165, 1.54) is 18.2 Å². The van der Waals surface area contributed by atoms with E-state index in [2.05, 4.69) is 5.32 Å². The van der Waals surface area contributed by atoms with E-state index < -0.39 is 17.8 Å². The number of benzene rings is 1. The third-order valence-electron chi connectivity index (χ3n) is 3.39. The van der Waals surface area contributed by atoms with Crippen LogP contribution in [0, 0.1) is 0 Å². The van der Waals surface area contributed by atoms with Crippen LogP contribution in [-0.4, -0.2) is 29.9 Å². The summed E-state index contributed by atoms with van der Waals surface area (Å²) in [5.74, 6) is -0.153. The SMILES string of the molecule is CC(Nc1ccccc1C(F)(F)F)C(=O)N1CCCC1. The first-order valence-electron chi connectivity index (χ1n) is 6.61. The fraction of sp³-hybridized carbons (Fsp3) is 0.500. The maximum atomic E-state index is 12.9. The monoisotopic (exact) mass is 286 g/mol. The molecule has 0 aromatic heterocycles. The van der Waals surface area contributed by atoms with E-state index in [1.54, 1.807) is 11.8 Å². The molecule has 0 saturated carbocycles. The molecule has 3 nitrogen and oxygen atoms in total. The van der Waals surface area contributed by atoms with Crippen LogP contribution in [0.15, 0.2) is 24.3 Å². The average Bonchev–Trinajstić information content (AvgIpc) is 2.91. The number of para-hydroxylation sites is 1. The molecule has 0 spiro atoms. The quantitative estimate of drug-likeness (QED) is 0.926. The predicted molar refractivity (Wildman–Crippen MR) is 70.3 cm³/mol. The Morgan fingerprint density at radius 1 is 1.25 bits per heavy atom. The number of hydrogen-bond acceptors (Lipinski definition) is 2. The number of anilines is 1. The minimum atomic E-state index is -4.43. The predicted octanol–water partition coefficient (Wildman–Crippen LogP) is 3.13. The molecule has 1 unspecified atom stereocenters. The number of hydrogen-bond donors (Lipinski definition) is 1. The van der Waals surface area contributed by atoms with Gasteiger partial charge in [0.05, 0.1) is 5.56 Å². The first kappa shape index (κ1) is 14.7. The molecule has 1 aliphatic heterocycles. The van der Waals surface area contributed by atoms with Gasteiger partial charge in [-0.25, -0.2) is 0 Å². The number of nitrogens with zero attached hydrogens (tertiary/aromatic N) is 1. The Morgan fingerprint density at radius 3 is 2.45 bits per heavy atom. The smallest absolute Gasteiger partial charge is 0.373 e. The second-order valence-corrected chi connectivity index (χ2v) is 4.94. The number of halogens is 3. The lowest BCUT2D eigenvalue weighted by molar-refractivity contribution is -0.137. The van der Waals surface area contributed by atoms with Crippen LogP contribution in [-0.2, 0) is 11.0 Å². The van der Waals surface area contributed by atoms with Crippen molar-refractivity contribution < 1.29 is 18.0 Å². The molecular weight excluding hydrogens is 269 g/mol. The number of rotatable bonds is 3. The van der Waals surface area contributed by atoms with Crippen LogP contribution in [0.2, 0.25) is 0 Å². The molecule has 1 fully saturated rings. The van der Waals surface area contributed by atoms with Gasteiger partial charge in [0, 0.05) is 18.8 Å². The standard InChI is InChI=1S/C14H17F3N2O/c1-10(13(20)19-8-4-5-9-19)18-12-7-3-2-6-11(12)14(15,16)17/h2-3,6-7,10,18H,4-5,8-9H2,1H3. The summed E-state index contributed by atoms with van der Waals surface area (Å²) >= 11 is 0. The summed E-state index contributed by atoms with van der Waals surface area (Å²) < 4.78 is 38.6. The summed E-state index contributed by atoms with van der Waals surface area (Å²) in [5, 5.41) is 2.68. The molecule has 110 valence electrons. The van der Waals surface area contributed by atoms with E-state index in [-0.39, 0.29) is 11.6 Å². The van der Waals surface area contributed by atoms with Gasteiger partial charge in [-0.1, -0.05) is 12.1 Å². The molecule has 1 aliphatic rings. The summed E-state index contributed by atoms with van der Waals surface area (Å²) in [7, 11) is 0. The minimum Gasteiger partial charge on any atom is -0.373 e. The molecule has 2 rings (SSSR count). The van der Waals surface area contributed by atoms with Crippen molar-refractivity contribution >= 4 is 11.6 Å². The number of likely N-dealkylation sites (tertiary alicyclic amines) is 1. The van der Waals surface area contributed by atoms with Gasteiger partial charge in [0.1, 0.15) is 6.04 Å². The van der Waals surface area contributed by atoms with Crippen molar-refractivity contribution in [3.8, 4) is 0 Å². The van der Waals surface area contributed by atoms with Gasteiger partial charge in [0.25, 0.3) is 0 Å². The molecule has 0 aliphatic carbocycles. The Bertz CT molecular complexity index is 482. The molecule has 1 saturated heterocycles. The van der Waals surface area contributed by atoms with Gasteiger partial charge in [0.15, 0.2) is 0 Å². The van der Waals surface area contributed by atoms with Crippen LogP contribution < -0.4 is 5.32 Å². The largest absolute Gasteiger partial charge is 0.418 e. The third kappa shape index (κ3) is 3.23. The van der Waals surface area contributed by atoms with Crippen LogP contribution in [0.25, 0.3) is 0 Å². The molecule has 6 heteroatoms. The van der Waals surface area contributed by atoms with Crippen molar-refractivity contribution in [1.82, 2.24) is 4.90 Å². The fourth-order valence-corrected chi connectivity index (χ4v) is 2.36. The van der Waals surface area contributed by atoms with E-state index in [4.69, 9.17) is 0 Å². The van der Waals surface area contributed by atoms with E-state index >= 15 is 0 Å². The molecule has 1 aromatic carbocycles. The Labute approximate surface area is 115 Å². The lowest BCUT2D eigenvalue weighted by atomic mass is 10.1. The number of alkyl halides is 3. The molecule has 1 amide bonds. The first-order valence-corrected chi connectivity index (χ1v) is 6.61. The minimum absolute atomic E-state index is 0.0555. The molecule has 0 radical (unpaired) electrons. The van der Waals surface area contributed by atoms with Crippen molar-refractivity contribution in [2.45, 2.75) is 32.0 Å². The summed E-state index contributed by atoms with van der Waals surface area (Å²) in [5.41, 5.74) is -0.805. The molecule has 20 heavy (non-hydrogen) atoms. The summed E-state index contributed by atoms with van der Waals surface area (Å²) in [6.07, 6.45) is -2.52. The van der Waals surface area contributed by atoms with Crippen LogP contribution in [0.3, 0.4) is 0 Å². The highest BCUT2D eigenvalue weighted by Gasteiger charge is 2.34. The van der Waals surface area contributed by atoms with Crippen LogP contribution in [0.5, 0.6) is 0 Å². The Balaban J connectivity index is 2.11. The van der Waals surface area contributed by atoms with Gasteiger partial charge in [-0.3, -0.25) is 4.79 Å². The van der Waals surface area contributed by atoms with Gasteiger partial charge in [-0.2, -0.15) is 13.2 Å². The van der Waals surface area contributed by atoms with Crippen LogP contribution in [0.4, 0.5) is 18.9 Å². The van der Waals surface area contributed by atoms with Crippen molar-refractivity contribution in [2.75, 3.05) is 18.4 Å². The van der Waals surface area contributed by atoms with Gasteiger partial charge in [-0.05, 0) is 31.9 Å². The zero-order valence-electron chi connectivity index (χ0n) is 11.2. The number of amides is 1. The Kier molecular flexibility index (Phi) is 4.20. The second-order valence-electron chi connectivity index (χ2n) is 4.94. The van der Waals surface area contributed by atoms with Gasteiger partial charge < -0.3 is 10.2 Å². The summed E-state index contributed by atoms with van der Waals surface area (Å²) in [6, 6.07) is 4.54. The van der Waals surface area contributed by atoms with Gasteiger partial charge in [-0.15, -0.1) is 0 Å². The van der Waals surface area contributed by atoms with Gasteiger partial charge in [0.2, 0.25) is 5.91 Å². The van der Waals surface area contributed by atoms with Crippen molar-refractivity contribution in [3.63, 3.8) is 0 Å². The molecule has 1 atom stereocenters. The van der Waals surface area contributed by atoms with E-state index in [0.29, 0.717) is 13.1 Å². The van der Waals surface area contributed by atoms with Crippen LogP contribution >= 0.6 is 0 Å². The number of nitrogens with one attached hydrogen (secondary N) is 1. The highest BCUT2D eigenvalue weighted by Crippen LogP contribution is 2.34.